The normalized spacial score (nSPS) is 13.7. The lowest BCUT2D eigenvalue weighted by Gasteiger charge is -2.26. The molecule has 102 valence electrons. The van der Waals surface area contributed by atoms with Crippen molar-refractivity contribution in [1.29, 1.82) is 0 Å². The van der Waals surface area contributed by atoms with E-state index in [2.05, 4.69) is 13.8 Å². The summed E-state index contributed by atoms with van der Waals surface area (Å²) in [6.45, 7) is 8.97. The number of ether oxygens (including phenoxy) is 1. The van der Waals surface area contributed by atoms with Crippen LogP contribution in [0.4, 0.5) is 0 Å². The minimum absolute atomic E-state index is 0.0247. The van der Waals surface area contributed by atoms with Crippen LogP contribution in [-0.4, -0.2) is 12.6 Å². The Kier molecular flexibility index (Phi) is 5.17. The van der Waals surface area contributed by atoms with E-state index in [0.717, 1.165) is 17.7 Å². The first-order chi connectivity index (χ1) is 8.34. The third-order valence-corrected chi connectivity index (χ3v) is 3.01. The Morgan fingerprint density at radius 3 is 2.17 bits per heavy atom. The van der Waals surface area contributed by atoms with E-state index >= 15 is 0 Å². The highest BCUT2D eigenvalue weighted by Crippen LogP contribution is 2.28. The fraction of sp³-hybridized carbons (Fsp3) is 0.600. The minimum Gasteiger partial charge on any atom is -0.491 e. The van der Waals surface area contributed by atoms with Gasteiger partial charge >= 0.3 is 0 Å². The van der Waals surface area contributed by atoms with E-state index in [1.165, 1.54) is 0 Å². The zero-order valence-corrected chi connectivity index (χ0v) is 11.9. The zero-order chi connectivity index (χ0) is 13.8. The lowest BCUT2D eigenvalue weighted by molar-refractivity contribution is 0.242. The number of rotatable bonds is 6. The summed E-state index contributed by atoms with van der Waals surface area (Å²) in [5.74, 6) is 0.888. The molecular formula is C15H26N2O. The van der Waals surface area contributed by atoms with E-state index < -0.39 is 0 Å². The molecule has 0 saturated carbocycles. The molecule has 18 heavy (non-hydrogen) atoms. The largest absolute Gasteiger partial charge is 0.491 e. The number of hydrogen-bond acceptors (Lipinski definition) is 3. The van der Waals surface area contributed by atoms with Crippen LogP contribution in [0.1, 0.15) is 45.7 Å². The number of nitrogens with two attached hydrogens (primary N) is 2. The topological polar surface area (TPSA) is 61.3 Å². The summed E-state index contributed by atoms with van der Waals surface area (Å²) in [6.07, 6.45) is 1.08. The Bertz CT molecular complexity index is 357. The van der Waals surface area contributed by atoms with Crippen molar-refractivity contribution in [2.24, 2.45) is 16.9 Å². The van der Waals surface area contributed by atoms with Gasteiger partial charge in [0, 0.05) is 6.04 Å². The van der Waals surface area contributed by atoms with Gasteiger partial charge in [0.15, 0.2) is 0 Å². The van der Waals surface area contributed by atoms with Gasteiger partial charge in [-0.05, 0) is 49.9 Å². The van der Waals surface area contributed by atoms with Crippen LogP contribution in [0.15, 0.2) is 24.3 Å². The number of benzene rings is 1. The Morgan fingerprint density at radius 2 is 1.72 bits per heavy atom. The van der Waals surface area contributed by atoms with E-state index in [1.807, 2.05) is 38.1 Å². The second-order valence-corrected chi connectivity index (χ2v) is 5.91. The zero-order valence-electron chi connectivity index (χ0n) is 11.9. The first-order valence-electron chi connectivity index (χ1n) is 6.56. The monoisotopic (exact) mass is 250 g/mol. The molecule has 0 amide bonds. The second-order valence-electron chi connectivity index (χ2n) is 5.91. The van der Waals surface area contributed by atoms with Gasteiger partial charge in [-0.3, -0.25) is 0 Å². The molecule has 0 radical (unpaired) electrons. The molecule has 3 nitrogen and oxygen atoms in total. The van der Waals surface area contributed by atoms with Gasteiger partial charge in [-0.1, -0.05) is 26.0 Å². The maximum Gasteiger partial charge on any atom is 0.119 e. The third-order valence-electron chi connectivity index (χ3n) is 3.01. The molecule has 0 saturated heterocycles. The van der Waals surface area contributed by atoms with Crippen molar-refractivity contribution in [3.05, 3.63) is 29.8 Å². The fourth-order valence-corrected chi connectivity index (χ4v) is 1.86. The summed E-state index contributed by atoms with van der Waals surface area (Å²) < 4.78 is 5.61. The Balaban J connectivity index is 2.67. The molecule has 1 aromatic rings. The van der Waals surface area contributed by atoms with Crippen LogP contribution in [0.5, 0.6) is 5.75 Å². The first kappa shape index (κ1) is 15.0. The molecule has 0 aliphatic rings. The summed E-state index contributed by atoms with van der Waals surface area (Å²) in [5.41, 5.74) is 13.2. The highest BCUT2D eigenvalue weighted by atomic mass is 16.5. The van der Waals surface area contributed by atoms with Crippen molar-refractivity contribution in [3.63, 3.8) is 0 Å². The van der Waals surface area contributed by atoms with Crippen LogP contribution in [0.3, 0.4) is 0 Å². The average molecular weight is 250 g/mol. The Hall–Kier alpha value is -1.06. The Morgan fingerprint density at radius 1 is 1.17 bits per heavy atom. The molecule has 0 aliphatic carbocycles. The van der Waals surface area contributed by atoms with Crippen LogP contribution in [0, 0.1) is 5.41 Å². The molecule has 1 unspecified atom stereocenters. The maximum absolute atomic E-state index is 6.21. The minimum atomic E-state index is 0.0247. The van der Waals surface area contributed by atoms with Crippen LogP contribution >= 0.6 is 0 Å². The van der Waals surface area contributed by atoms with Crippen molar-refractivity contribution in [3.8, 4) is 5.75 Å². The van der Waals surface area contributed by atoms with E-state index in [4.69, 9.17) is 16.2 Å². The second kappa shape index (κ2) is 6.21. The summed E-state index contributed by atoms with van der Waals surface area (Å²) in [6, 6.07) is 8.05. The van der Waals surface area contributed by atoms with Gasteiger partial charge in [-0.2, -0.15) is 0 Å². The van der Waals surface area contributed by atoms with Crippen molar-refractivity contribution in [2.45, 2.75) is 46.3 Å². The number of hydrogen-bond donors (Lipinski definition) is 2. The SMILES string of the molecule is CC(C)Oc1ccc(C(N)CC(C)(C)CN)cc1. The fourth-order valence-electron chi connectivity index (χ4n) is 1.86. The molecule has 3 heteroatoms. The van der Waals surface area contributed by atoms with Gasteiger partial charge < -0.3 is 16.2 Å². The Labute approximate surface area is 111 Å². The maximum atomic E-state index is 6.21. The third kappa shape index (κ3) is 4.67. The summed E-state index contributed by atoms with van der Waals surface area (Å²) in [7, 11) is 0. The van der Waals surface area contributed by atoms with E-state index in [-0.39, 0.29) is 17.6 Å². The van der Waals surface area contributed by atoms with Crippen LogP contribution in [-0.2, 0) is 0 Å². The molecule has 0 fully saturated rings. The van der Waals surface area contributed by atoms with Gasteiger partial charge in [0.05, 0.1) is 6.10 Å². The van der Waals surface area contributed by atoms with Crippen LogP contribution < -0.4 is 16.2 Å². The van der Waals surface area contributed by atoms with E-state index in [1.54, 1.807) is 0 Å². The van der Waals surface area contributed by atoms with Crippen molar-refractivity contribution in [1.82, 2.24) is 0 Å². The van der Waals surface area contributed by atoms with Gasteiger partial charge in [0.2, 0.25) is 0 Å². The smallest absolute Gasteiger partial charge is 0.119 e. The average Bonchev–Trinajstić information content (AvgIpc) is 2.28. The molecule has 4 N–H and O–H groups in total. The lowest BCUT2D eigenvalue weighted by atomic mass is 9.84. The van der Waals surface area contributed by atoms with Crippen LogP contribution in [0.25, 0.3) is 0 Å². The molecule has 0 bridgehead atoms. The van der Waals surface area contributed by atoms with Gasteiger partial charge in [0.1, 0.15) is 5.75 Å². The molecule has 1 rings (SSSR count). The van der Waals surface area contributed by atoms with Gasteiger partial charge in [0.25, 0.3) is 0 Å². The molecule has 1 aromatic carbocycles. The summed E-state index contributed by atoms with van der Waals surface area (Å²) in [5, 5.41) is 0. The van der Waals surface area contributed by atoms with Crippen LogP contribution in [0.2, 0.25) is 0 Å². The predicted octanol–water partition coefficient (Wildman–Crippen LogP) is 2.85. The van der Waals surface area contributed by atoms with Gasteiger partial charge in [-0.15, -0.1) is 0 Å². The standard InChI is InChI=1S/C15H26N2O/c1-11(2)18-13-7-5-12(6-8-13)14(17)9-15(3,4)10-16/h5-8,11,14H,9-10,16-17H2,1-4H3. The van der Waals surface area contributed by atoms with Crippen molar-refractivity contribution in [2.75, 3.05) is 6.54 Å². The molecular weight excluding hydrogens is 224 g/mol. The summed E-state index contributed by atoms with van der Waals surface area (Å²) >= 11 is 0. The highest BCUT2D eigenvalue weighted by Gasteiger charge is 2.20. The van der Waals surface area contributed by atoms with E-state index in [0.29, 0.717) is 6.54 Å². The lowest BCUT2D eigenvalue weighted by Crippen LogP contribution is -2.28. The molecule has 0 aliphatic heterocycles. The highest BCUT2D eigenvalue weighted by molar-refractivity contribution is 5.29. The van der Waals surface area contributed by atoms with Crippen molar-refractivity contribution >= 4 is 0 Å². The quantitative estimate of drug-likeness (QED) is 0.816. The van der Waals surface area contributed by atoms with Gasteiger partial charge in [-0.25, -0.2) is 0 Å². The van der Waals surface area contributed by atoms with E-state index in [9.17, 15) is 0 Å². The molecule has 1 atom stereocenters. The summed E-state index contributed by atoms with van der Waals surface area (Å²) in [4.78, 5) is 0. The predicted molar refractivity (Wildman–Crippen MR) is 76.6 cm³/mol. The molecule has 0 spiro atoms. The first-order valence-corrected chi connectivity index (χ1v) is 6.56. The molecule has 0 aromatic heterocycles. The molecule has 0 heterocycles. The van der Waals surface area contributed by atoms with Crippen molar-refractivity contribution < 1.29 is 4.74 Å².